The van der Waals surface area contributed by atoms with Crippen LogP contribution in [0, 0.1) is 5.82 Å². The third-order valence-electron chi connectivity index (χ3n) is 5.83. The third kappa shape index (κ3) is 3.76. The highest BCUT2D eigenvalue weighted by atomic mass is 19.1. The van der Waals surface area contributed by atoms with Gasteiger partial charge in [0.05, 0.1) is 11.6 Å². The summed E-state index contributed by atoms with van der Waals surface area (Å²) in [4.78, 5) is 31.7. The van der Waals surface area contributed by atoms with Crippen molar-refractivity contribution in [1.82, 2.24) is 9.88 Å². The Bertz CT molecular complexity index is 1400. The number of halogens is 1. The Kier molecular flexibility index (Phi) is 5.18. The second-order valence-electron chi connectivity index (χ2n) is 7.90. The fourth-order valence-corrected chi connectivity index (χ4v) is 4.21. The number of pyridine rings is 1. The minimum atomic E-state index is -0.824. The summed E-state index contributed by atoms with van der Waals surface area (Å²) < 4.78 is 13.4. The van der Waals surface area contributed by atoms with Gasteiger partial charge in [0.25, 0.3) is 11.7 Å². The van der Waals surface area contributed by atoms with Gasteiger partial charge < -0.3 is 10.0 Å². The van der Waals surface area contributed by atoms with Crippen molar-refractivity contribution in [3.05, 3.63) is 119 Å². The number of aromatic nitrogens is 1. The summed E-state index contributed by atoms with van der Waals surface area (Å²) in [6, 6.07) is 21.5. The Morgan fingerprint density at radius 1 is 0.939 bits per heavy atom. The topological polar surface area (TPSA) is 70.5 Å². The van der Waals surface area contributed by atoms with E-state index in [0.29, 0.717) is 16.7 Å². The lowest BCUT2D eigenvalue weighted by molar-refractivity contribution is -0.140. The molecule has 1 atom stereocenters. The molecule has 6 heteroatoms. The zero-order chi connectivity index (χ0) is 22.9. The molecule has 1 aromatic heterocycles. The van der Waals surface area contributed by atoms with Gasteiger partial charge in [0.1, 0.15) is 11.6 Å². The summed E-state index contributed by atoms with van der Waals surface area (Å²) in [5, 5.41) is 13.1. The van der Waals surface area contributed by atoms with E-state index >= 15 is 0 Å². The summed E-state index contributed by atoms with van der Waals surface area (Å²) in [7, 11) is 0. The van der Waals surface area contributed by atoms with Crippen LogP contribution in [0.25, 0.3) is 16.5 Å². The van der Waals surface area contributed by atoms with Crippen molar-refractivity contribution in [2.24, 2.45) is 0 Å². The molecule has 33 heavy (non-hydrogen) atoms. The average molecular weight is 438 g/mol. The molecule has 1 aliphatic rings. The van der Waals surface area contributed by atoms with Crippen molar-refractivity contribution in [3.63, 3.8) is 0 Å². The summed E-state index contributed by atoms with van der Waals surface area (Å²) in [5.41, 5.74) is 1.71. The van der Waals surface area contributed by atoms with E-state index in [-0.39, 0.29) is 23.7 Å². The van der Waals surface area contributed by atoms with Crippen LogP contribution in [0.2, 0.25) is 0 Å². The Balaban J connectivity index is 1.64. The minimum Gasteiger partial charge on any atom is -0.507 e. The SMILES string of the molecule is O=C1C(=O)N(Cc2ccc(F)cc2)C(c2cccnc2)/C1=C(/O)c1ccc2ccccc2c1. The molecule has 162 valence electrons. The molecule has 1 unspecified atom stereocenters. The number of hydrogen-bond acceptors (Lipinski definition) is 4. The lowest BCUT2D eigenvalue weighted by Gasteiger charge is -2.25. The number of aliphatic hydroxyl groups is 1. The molecule has 0 spiro atoms. The first-order valence-corrected chi connectivity index (χ1v) is 10.4. The van der Waals surface area contributed by atoms with Crippen LogP contribution in [-0.2, 0) is 16.1 Å². The van der Waals surface area contributed by atoms with E-state index in [1.807, 2.05) is 30.3 Å². The van der Waals surface area contributed by atoms with Crippen molar-refractivity contribution < 1.29 is 19.1 Å². The lowest BCUT2D eigenvalue weighted by atomic mass is 9.95. The number of ketones is 1. The van der Waals surface area contributed by atoms with Gasteiger partial charge >= 0.3 is 0 Å². The largest absolute Gasteiger partial charge is 0.507 e. The van der Waals surface area contributed by atoms with E-state index in [4.69, 9.17) is 0 Å². The molecule has 5 rings (SSSR count). The average Bonchev–Trinajstić information content (AvgIpc) is 3.10. The van der Waals surface area contributed by atoms with Gasteiger partial charge in [-0.25, -0.2) is 4.39 Å². The van der Waals surface area contributed by atoms with E-state index in [2.05, 4.69) is 4.98 Å². The standard InChI is InChI=1S/C27H19FN2O3/c28-22-11-7-17(8-12-22)16-30-24(21-6-3-13-29-15-21)23(26(32)27(30)33)25(31)20-10-9-18-4-1-2-5-19(18)14-20/h1-15,24,31H,16H2/b25-23-. The molecule has 0 aliphatic carbocycles. The quantitative estimate of drug-likeness (QED) is 0.277. The predicted octanol–water partition coefficient (Wildman–Crippen LogP) is 5.00. The fourth-order valence-electron chi connectivity index (χ4n) is 4.21. The first-order chi connectivity index (χ1) is 16.0. The molecule has 0 radical (unpaired) electrons. The van der Waals surface area contributed by atoms with Gasteiger partial charge in [-0.1, -0.05) is 54.6 Å². The number of fused-ring (bicyclic) bond motifs is 1. The van der Waals surface area contributed by atoms with E-state index in [1.165, 1.54) is 17.0 Å². The first kappa shape index (κ1) is 20.6. The number of hydrogen-bond donors (Lipinski definition) is 1. The Morgan fingerprint density at radius 2 is 1.70 bits per heavy atom. The van der Waals surface area contributed by atoms with Gasteiger partial charge in [0, 0.05) is 24.5 Å². The summed E-state index contributed by atoms with van der Waals surface area (Å²) in [6.07, 6.45) is 3.17. The van der Waals surface area contributed by atoms with Crippen molar-refractivity contribution in [3.8, 4) is 0 Å². The second kappa shape index (κ2) is 8.31. The van der Waals surface area contributed by atoms with E-state index in [9.17, 15) is 19.1 Å². The van der Waals surface area contributed by atoms with Gasteiger partial charge in [-0.3, -0.25) is 14.6 Å². The molecule has 0 bridgehead atoms. The van der Waals surface area contributed by atoms with Crippen molar-refractivity contribution in [2.45, 2.75) is 12.6 Å². The molecular formula is C27H19FN2O3. The number of likely N-dealkylation sites (tertiary alicyclic amines) is 1. The molecule has 0 saturated carbocycles. The zero-order valence-electron chi connectivity index (χ0n) is 17.5. The first-order valence-electron chi connectivity index (χ1n) is 10.4. The van der Waals surface area contributed by atoms with Crippen LogP contribution in [0.1, 0.15) is 22.7 Å². The van der Waals surface area contributed by atoms with Crippen LogP contribution in [0.15, 0.2) is 96.8 Å². The van der Waals surface area contributed by atoms with Gasteiger partial charge in [-0.15, -0.1) is 0 Å². The molecule has 2 heterocycles. The van der Waals surface area contributed by atoms with Gasteiger partial charge in [-0.2, -0.15) is 0 Å². The molecule has 4 aromatic rings. The smallest absolute Gasteiger partial charge is 0.295 e. The Labute approximate surface area is 189 Å². The van der Waals surface area contributed by atoms with E-state index < -0.39 is 17.7 Å². The van der Waals surface area contributed by atoms with Gasteiger partial charge in [0.15, 0.2) is 0 Å². The van der Waals surface area contributed by atoms with Crippen LogP contribution in [0.5, 0.6) is 0 Å². The van der Waals surface area contributed by atoms with Gasteiger partial charge in [0.2, 0.25) is 0 Å². The van der Waals surface area contributed by atoms with Crippen LogP contribution in [-0.4, -0.2) is 26.7 Å². The second-order valence-corrected chi connectivity index (χ2v) is 7.90. The van der Waals surface area contributed by atoms with E-state index in [0.717, 1.165) is 10.8 Å². The predicted molar refractivity (Wildman–Crippen MR) is 122 cm³/mol. The van der Waals surface area contributed by atoms with Gasteiger partial charge in [-0.05, 0) is 46.2 Å². The summed E-state index contributed by atoms with van der Waals surface area (Å²) in [6.45, 7) is 0.0823. The van der Waals surface area contributed by atoms with Crippen LogP contribution >= 0.6 is 0 Å². The summed E-state index contributed by atoms with van der Waals surface area (Å²) >= 11 is 0. The molecular weight excluding hydrogens is 419 g/mol. The van der Waals surface area contributed by atoms with Crippen molar-refractivity contribution in [1.29, 1.82) is 0 Å². The van der Waals surface area contributed by atoms with Crippen molar-refractivity contribution in [2.75, 3.05) is 0 Å². The highest BCUT2D eigenvalue weighted by Gasteiger charge is 2.46. The van der Waals surface area contributed by atoms with E-state index in [1.54, 1.807) is 48.8 Å². The molecule has 3 aromatic carbocycles. The van der Waals surface area contributed by atoms with Crippen LogP contribution < -0.4 is 0 Å². The highest BCUT2D eigenvalue weighted by Crippen LogP contribution is 2.40. The number of nitrogens with zero attached hydrogens (tertiary/aromatic N) is 2. The maximum Gasteiger partial charge on any atom is 0.295 e. The number of aliphatic hydroxyl groups excluding tert-OH is 1. The molecule has 1 N–H and O–H groups in total. The summed E-state index contributed by atoms with van der Waals surface area (Å²) in [5.74, 6) is -2.12. The minimum absolute atomic E-state index is 0.00499. The maximum absolute atomic E-state index is 13.4. The number of amides is 1. The zero-order valence-corrected chi connectivity index (χ0v) is 17.5. The third-order valence-corrected chi connectivity index (χ3v) is 5.83. The number of carbonyl (C=O) groups excluding carboxylic acids is 2. The number of Topliss-reactive ketones (excluding diaryl/α,β-unsaturated/α-hetero) is 1. The number of carbonyl (C=O) groups is 2. The Morgan fingerprint density at radius 3 is 2.42 bits per heavy atom. The molecule has 1 fully saturated rings. The normalized spacial score (nSPS) is 17.6. The Hall–Kier alpha value is -4.32. The number of rotatable bonds is 4. The van der Waals surface area contributed by atoms with Crippen LogP contribution in [0.4, 0.5) is 4.39 Å². The molecule has 1 amide bonds. The number of benzene rings is 3. The maximum atomic E-state index is 13.4. The monoisotopic (exact) mass is 438 g/mol. The molecule has 5 nitrogen and oxygen atoms in total. The molecule has 1 saturated heterocycles. The fraction of sp³-hybridized carbons (Fsp3) is 0.0741. The lowest BCUT2D eigenvalue weighted by Crippen LogP contribution is -2.29. The van der Waals surface area contributed by atoms with Crippen LogP contribution in [0.3, 0.4) is 0 Å². The van der Waals surface area contributed by atoms with Crippen molar-refractivity contribution >= 4 is 28.2 Å². The highest BCUT2D eigenvalue weighted by molar-refractivity contribution is 6.46. The molecule has 1 aliphatic heterocycles.